The molecule has 3 heteroatoms. The maximum absolute atomic E-state index is 12.2. The highest BCUT2D eigenvalue weighted by atomic mass is 16.3. The van der Waals surface area contributed by atoms with Crippen LogP contribution in [0.25, 0.3) is 0 Å². The highest BCUT2D eigenvalue weighted by Gasteiger charge is 2.30. The van der Waals surface area contributed by atoms with E-state index < -0.39 is 0 Å². The summed E-state index contributed by atoms with van der Waals surface area (Å²) in [5.41, 5.74) is 1.87. The van der Waals surface area contributed by atoms with Crippen molar-refractivity contribution in [2.75, 3.05) is 19.7 Å². The van der Waals surface area contributed by atoms with Crippen LogP contribution in [0.2, 0.25) is 0 Å². The minimum absolute atomic E-state index is 0.194. The van der Waals surface area contributed by atoms with Crippen LogP contribution in [0.15, 0.2) is 24.3 Å². The Kier molecular flexibility index (Phi) is 4.72. The predicted octanol–water partition coefficient (Wildman–Crippen LogP) is 2.27. The van der Waals surface area contributed by atoms with Gasteiger partial charge in [-0.15, -0.1) is 0 Å². The van der Waals surface area contributed by atoms with Crippen molar-refractivity contribution in [3.8, 4) is 0 Å². The first-order valence-electron chi connectivity index (χ1n) is 7.07. The molecule has 0 aromatic heterocycles. The van der Waals surface area contributed by atoms with Crippen molar-refractivity contribution in [3.05, 3.63) is 35.4 Å². The lowest BCUT2D eigenvalue weighted by molar-refractivity contribution is 0.0933. The van der Waals surface area contributed by atoms with Crippen LogP contribution in [-0.4, -0.2) is 41.5 Å². The Bertz CT molecular complexity index is 444. The van der Waals surface area contributed by atoms with Crippen molar-refractivity contribution in [2.24, 2.45) is 5.92 Å². The van der Waals surface area contributed by atoms with Crippen LogP contribution in [0.3, 0.4) is 0 Å². The molecule has 1 N–H and O–H groups in total. The van der Waals surface area contributed by atoms with Gasteiger partial charge in [-0.25, -0.2) is 0 Å². The van der Waals surface area contributed by atoms with Gasteiger partial charge in [0, 0.05) is 24.6 Å². The van der Waals surface area contributed by atoms with Gasteiger partial charge in [-0.1, -0.05) is 31.2 Å². The van der Waals surface area contributed by atoms with Crippen LogP contribution in [0.5, 0.6) is 0 Å². The monoisotopic (exact) mass is 261 g/mol. The molecule has 1 saturated heterocycles. The van der Waals surface area contributed by atoms with E-state index in [0.29, 0.717) is 12.3 Å². The zero-order chi connectivity index (χ0) is 13.8. The second-order valence-electron chi connectivity index (χ2n) is 5.54. The van der Waals surface area contributed by atoms with Crippen molar-refractivity contribution in [2.45, 2.75) is 32.7 Å². The van der Waals surface area contributed by atoms with E-state index >= 15 is 0 Å². The number of likely N-dealkylation sites (tertiary alicyclic amines) is 1. The number of ketones is 1. The smallest absolute Gasteiger partial charge is 0.164 e. The number of rotatable bonds is 5. The fraction of sp³-hybridized carbons (Fsp3) is 0.562. The lowest BCUT2D eigenvalue weighted by atomic mass is 10.0. The summed E-state index contributed by atoms with van der Waals surface area (Å²) in [6.07, 6.45) is 1.65. The second-order valence-corrected chi connectivity index (χ2v) is 5.54. The molecule has 0 saturated carbocycles. The molecule has 0 spiro atoms. The number of hydrogen-bond donors (Lipinski definition) is 1. The summed E-state index contributed by atoms with van der Waals surface area (Å²) in [7, 11) is 0. The molecule has 1 fully saturated rings. The Hall–Kier alpha value is -1.19. The van der Waals surface area contributed by atoms with Crippen molar-refractivity contribution in [3.63, 3.8) is 0 Å². The molecule has 0 radical (unpaired) electrons. The number of hydrogen-bond acceptors (Lipinski definition) is 3. The third-order valence-corrected chi connectivity index (χ3v) is 4.26. The van der Waals surface area contributed by atoms with Gasteiger partial charge in [-0.3, -0.25) is 9.69 Å². The number of nitrogens with zero attached hydrogens (tertiary/aromatic N) is 1. The van der Waals surface area contributed by atoms with Gasteiger partial charge in [-0.2, -0.15) is 0 Å². The number of Topliss-reactive ketones (excluding diaryl/α,β-unsaturated/α-hetero) is 1. The van der Waals surface area contributed by atoms with E-state index in [1.165, 1.54) is 0 Å². The molecule has 3 nitrogen and oxygen atoms in total. The summed E-state index contributed by atoms with van der Waals surface area (Å²) in [5, 5.41) is 9.41. The topological polar surface area (TPSA) is 40.5 Å². The predicted molar refractivity (Wildman–Crippen MR) is 76.4 cm³/mol. The van der Waals surface area contributed by atoms with Gasteiger partial charge in [0.05, 0.1) is 6.61 Å². The van der Waals surface area contributed by atoms with Crippen molar-refractivity contribution in [1.82, 2.24) is 4.90 Å². The number of carbonyl (C=O) groups excluding carboxylic acids is 1. The van der Waals surface area contributed by atoms with Gasteiger partial charge < -0.3 is 5.11 Å². The van der Waals surface area contributed by atoms with E-state index in [2.05, 4.69) is 11.8 Å². The number of benzene rings is 1. The van der Waals surface area contributed by atoms with Gasteiger partial charge in [0.25, 0.3) is 0 Å². The Morgan fingerprint density at radius 2 is 2.16 bits per heavy atom. The van der Waals surface area contributed by atoms with E-state index in [0.717, 1.165) is 30.6 Å². The van der Waals surface area contributed by atoms with E-state index in [1.807, 2.05) is 31.2 Å². The lowest BCUT2D eigenvalue weighted by Crippen LogP contribution is -2.36. The van der Waals surface area contributed by atoms with E-state index in [9.17, 15) is 9.90 Å². The molecule has 2 atom stereocenters. The fourth-order valence-electron chi connectivity index (χ4n) is 2.93. The van der Waals surface area contributed by atoms with Crippen molar-refractivity contribution in [1.29, 1.82) is 0 Å². The number of aliphatic hydroxyl groups excluding tert-OH is 1. The van der Waals surface area contributed by atoms with E-state index in [-0.39, 0.29) is 18.4 Å². The Morgan fingerprint density at radius 1 is 1.42 bits per heavy atom. The molecular weight excluding hydrogens is 238 g/mol. The molecule has 1 aliphatic rings. The van der Waals surface area contributed by atoms with E-state index in [4.69, 9.17) is 0 Å². The standard InChI is InChI=1S/C16H23NO2/c1-12-5-3-4-6-14(12)16(19)8-10-17-9-7-13(2)15(17)11-18/h3-6,13,15,18H,7-11H2,1-2H3. The summed E-state index contributed by atoms with van der Waals surface area (Å²) in [6, 6.07) is 7.96. The minimum Gasteiger partial charge on any atom is -0.395 e. The van der Waals surface area contributed by atoms with Gasteiger partial charge in [-0.05, 0) is 31.4 Å². The van der Waals surface area contributed by atoms with Gasteiger partial charge in [0.1, 0.15) is 0 Å². The first-order chi connectivity index (χ1) is 9.13. The molecular formula is C16H23NO2. The minimum atomic E-state index is 0.194. The molecule has 0 bridgehead atoms. The molecule has 0 amide bonds. The molecule has 2 rings (SSSR count). The summed E-state index contributed by atoms with van der Waals surface area (Å²) < 4.78 is 0. The van der Waals surface area contributed by atoms with Crippen LogP contribution >= 0.6 is 0 Å². The van der Waals surface area contributed by atoms with E-state index in [1.54, 1.807) is 0 Å². The average molecular weight is 261 g/mol. The highest BCUT2D eigenvalue weighted by Crippen LogP contribution is 2.23. The Labute approximate surface area is 115 Å². The van der Waals surface area contributed by atoms with Gasteiger partial charge >= 0.3 is 0 Å². The number of aliphatic hydroxyl groups is 1. The Morgan fingerprint density at radius 3 is 2.84 bits per heavy atom. The first kappa shape index (κ1) is 14.2. The van der Waals surface area contributed by atoms with Crippen LogP contribution in [0.4, 0.5) is 0 Å². The molecule has 1 aromatic carbocycles. The quantitative estimate of drug-likeness (QED) is 0.827. The van der Waals surface area contributed by atoms with Gasteiger partial charge in [0.15, 0.2) is 5.78 Å². The third kappa shape index (κ3) is 3.23. The summed E-state index contributed by atoms with van der Waals surface area (Å²) in [6.45, 7) is 6.08. The van der Waals surface area contributed by atoms with Crippen LogP contribution < -0.4 is 0 Å². The SMILES string of the molecule is Cc1ccccc1C(=O)CCN1CCC(C)C1CO. The summed E-state index contributed by atoms with van der Waals surface area (Å²) in [4.78, 5) is 14.5. The largest absolute Gasteiger partial charge is 0.395 e. The third-order valence-electron chi connectivity index (χ3n) is 4.26. The maximum Gasteiger partial charge on any atom is 0.164 e. The number of aryl methyl sites for hydroxylation is 1. The molecule has 104 valence electrons. The normalized spacial score (nSPS) is 23.7. The zero-order valence-corrected chi connectivity index (χ0v) is 11.8. The number of carbonyl (C=O) groups is 1. The Balaban J connectivity index is 1.92. The van der Waals surface area contributed by atoms with Crippen molar-refractivity contribution < 1.29 is 9.90 Å². The molecule has 1 heterocycles. The molecule has 19 heavy (non-hydrogen) atoms. The molecule has 0 aliphatic carbocycles. The average Bonchev–Trinajstić information content (AvgIpc) is 2.77. The van der Waals surface area contributed by atoms with Crippen LogP contribution in [0, 0.1) is 12.8 Å². The van der Waals surface area contributed by atoms with Gasteiger partial charge in [0.2, 0.25) is 0 Å². The fourth-order valence-corrected chi connectivity index (χ4v) is 2.93. The summed E-state index contributed by atoms with van der Waals surface area (Å²) >= 11 is 0. The molecule has 2 unspecified atom stereocenters. The first-order valence-corrected chi connectivity index (χ1v) is 7.07. The lowest BCUT2D eigenvalue weighted by Gasteiger charge is -2.24. The van der Waals surface area contributed by atoms with Crippen molar-refractivity contribution >= 4 is 5.78 Å². The summed E-state index contributed by atoms with van der Waals surface area (Å²) in [5.74, 6) is 0.730. The van der Waals surface area contributed by atoms with Crippen LogP contribution in [0.1, 0.15) is 35.7 Å². The molecule has 1 aromatic rings. The second kappa shape index (κ2) is 6.31. The van der Waals surface area contributed by atoms with Crippen LogP contribution in [-0.2, 0) is 0 Å². The zero-order valence-electron chi connectivity index (χ0n) is 11.8. The highest BCUT2D eigenvalue weighted by molar-refractivity contribution is 5.97. The molecule has 1 aliphatic heterocycles. The maximum atomic E-state index is 12.2.